The molecule has 3 aromatic rings. The summed E-state index contributed by atoms with van der Waals surface area (Å²) in [4.78, 5) is 12.3. The van der Waals surface area contributed by atoms with Crippen molar-refractivity contribution >= 4 is 59.5 Å². The number of carboxylic acids is 1. The lowest BCUT2D eigenvalue weighted by molar-refractivity contribution is -0.133. The molecule has 5 nitrogen and oxygen atoms in total. The zero-order chi connectivity index (χ0) is 23.8. The molecule has 2 atom stereocenters. The van der Waals surface area contributed by atoms with Crippen LogP contribution in [-0.4, -0.2) is 23.8 Å². The normalized spacial score (nSPS) is 19.2. The van der Waals surface area contributed by atoms with Crippen molar-refractivity contribution in [1.82, 2.24) is 4.31 Å². The van der Waals surface area contributed by atoms with Crippen LogP contribution in [0, 0.1) is 0 Å². The molecule has 1 aliphatic heterocycles. The highest BCUT2D eigenvalue weighted by Crippen LogP contribution is 2.46. The lowest BCUT2D eigenvalue weighted by Gasteiger charge is -2.40. The summed E-state index contributed by atoms with van der Waals surface area (Å²) >= 11 is 13.0. The van der Waals surface area contributed by atoms with Crippen molar-refractivity contribution in [3.8, 4) is 0 Å². The number of hydrogen-bond donors (Lipinski definition) is 1. The molecule has 1 N–H and O–H groups in total. The van der Waals surface area contributed by atoms with Crippen LogP contribution in [0.15, 0.2) is 98.3 Å². The minimum Gasteiger partial charge on any atom is -0.478 e. The summed E-state index contributed by atoms with van der Waals surface area (Å²) in [5, 5.41) is 10.5. The molecule has 0 spiro atoms. The summed E-state index contributed by atoms with van der Waals surface area (Å²) in [7, 11) is -4.12. The standard InChI is InChI=1S/C24H18Br2ClNO4S/c25-17-7-9-20(10-8-17)33(31,32)28-22(15-3-2-6-19(27)14-15)12-11-21(24(29)30)23(28)16-4-1-5-18(26)13-16/h1-11,13-14,22-23H,12H2,(H,29,30)/t22?,23-/m0/s1. The summed E-state index contributed by atoms with van der Waals surface area (Å²) in [6, 6.07) is 18.6. The Bertz CT molecular complexity index is 1340. The summed E-state index contributed by atoms with van der Waals surface area (Å²) in [6.07, 6.45) is 1.80. The summed E-state index contributed by atoms with van der Waals surface area (Å²) in [6.45, 7) is 0. The van der Waals surface area contributed by atoms with Crippen molar-refractivity contribution in [2.24, 2.45) is 0 Å². The van der Waals surface area contributed by atoms with Crippen LogP contribution in [0.3, 0.4) is 0 Å². The SMILES string of the molecule is O=C(O)C1=CCC(c2cccc(Cl)c2)N(S(=O)(=O)c2ccc(Br)cc2)[C@H]1c1cccc(Br)c1. The lowest BCUT2D eigenvalue weighted by atomic mass is 9.89. The first-order valence-electron chi connectivity index (χ1n) is 9.92. The van der Waals surface area contributed by atoms with E-state index < -0.39 is 28.1 Å². The molecule has 9 heteroatoms. The largest absolute Gasteiger partial charge is 0.478 e. The molecule has 1 aliphatic rings. The van der Waals surface area contributed by atoms with Crippen LogP contribution >= 0.6 is 43.5 Å². The van der Waals surface area contributed by atoms with E-state index in [1.54, 1.807) is 66.7 Å². The molecule has 33 heavy (non-hydrogen) atoms. The van der Waals surface area contributed by atoms with E-state index in [9.17, 15) is 18.3 Å². The Kier molecular flexibility index (Phi) is 7.12. The van der Waals surface area contributed by atoms with Gasteiger partial charge in [-0.05, 0) is 66.1 Å². The second-order valence-corrected chi connectivity index (χ2v) is 11.6. The number of carbonyl (C=O) groups is 1. The van der Waals surface area contributed by atoms with Crippen LogP contribution < -0.4 is 0 Å². The van der Waals surface area contributed by atoms with Crippen molar-refractivity contribution in [2.75, 3.05) is 0 Å². The average Bonchev–Trinajstić information content (AvgIpc) is 2.78. The van der Waals surface area contributed by atoms with Crippen LogP contribution in [0.1, 0.15) is 29.6 Å². The lowest BCUT2D eigenvalue weighted by Crippen LogP contribution is -2.42. The van der Waals surface area contributed by atoms with Crippen molar-refractivity contribution in [2.45, 2.75) is 23.4 Å². The maximum Gasteiger partial charge on any atom is 0.333 e. The first-order chi connectivity index (χ1) is 15.7. The Hall–Kier alpha value is -1.97. The third-order valence-corrected chi connectivity index (χ3v) is 8.60. The number of hydrogen-bond acceptors (Lipinski definition) is 3. The molecule has 3 aromatic carbocycles. The van der Waals surface area contributed by atoms with Gasteiger partial charge in [-0.25, -0.2) is 13.2 Å². The van der Waals surface area contributed by atoms with E-state index in [0.717, 1.165) is 8.95 Å². The molecule has 4 rings (SSSR count). The van der Waals surface area contributed by atoms with E-state index in [1.807, 2.05) is 0 Å². The fraction of sp³-hybridized carbons (Fsp3) is 0.125. The Labute approximate surface area is 214 Å². The molecule has 1 heterocycles. The predicted octanol–water partition coefficient (Wildman–Crippen LogP) is 6.75. The molecule has 0 aliphatic carbocycles. The highest BCUT2D eigenvalue weighted by molar-refractivity contribution is 9.10. The Morgan fingerprint density at radius 2 is 1.61 bits per heavy atom. The summed E-state index contributed by atoms with van der Waals surface area (Å²) < 4.78 is 30.9. The van der Waals surface area contributed by atoms with Crippen LogP contribution in [0.5, 0.6) is 0 Å². The molecule has 0 bridgehead atoms. The van der Waals surface area contributed by atoms with Gasteiger partial charge in [-0.1, -0.05) is 73.8 Å². The Morgan fingerprint density at radius 1 is 0.939 bits per heavy atom. The number of halogens is 3. The third-order valence-electron chi connectivity index (χ3n) is 5.45. The van der Waals surface area contributed by atoms with Crippen molar-refractivity contribution in [3.63, 3.8) is 0 Å². The van der Waals surface area contributed by atoms with Gasteiger partial charge in [-0.15, -0.1) is 0 Å². The first-order valence-corrected chi connectivity index (χ1v) is 13.3. The molecule has 0 saturated carbocycles. The summed E-state index contributed by atoms with van der Waals surface area (Å²) in [5.41, 5.74) is 1.24. The smallest absolute Gasteiger partial charge is 0.333 e. The van der Waals surface area contributed by atoms with Gasteiger partial charge in [0.2, 0.25) is 10.0 Å². The van der Waals surface area contributed by atoms with Gasteiger partial charge in [0, 0.05) is 14.0 Å². The number of carboxylic acid groups (broad SMARTS) is 1. The highest BCUT2D eigenvalue weighted by Gasteiger charge is 2.44. The molecule has 170 valence electrons. The highest BCUT2D eigenvalue weighted by atomic mass is 79.9. The molecular weight excluding hydrogens is 594 g/mol. The van der Waals surface area contributed by atoms with Gasteiger partial charge < -0.3 is 5.11 Å². The zero-order valence-electron chi connectivity index (χ0n) is 17.0. The fourth-order valence-electron chi connectivity index (χ4n) is 4.01. The molecule has 0 fully saturated rings. The van der Waals surface area contributed by atoms with Crippen molar-refractivity contribution in [3.05, 3.63) is 110 Å². The predicted molar refractivity (Wildman–Crippen MR) is 135 cm³/mol. The molecular formula is C24H18Br2ClNO4S. The molecule has 0 amide bonds. The molecule has 0 radical (unpaired) electrons. The maximum absolute atomic E-state index is 14.0. The topological polar surface area (TPSA) is 74.7 Å². The quantitative estimate of drug-likeness (QED) is 0.346. The van der Waals surface area contributed by atoms with Gasteiger partial charge in [0.25, 0.3) is 0 Å². The molecule has 0 aromatic heterocycles. The van der Waals surface area contributed by atoms with Crippen LogP contribution in [0.4, 0.5) is 0 Å². The molecule has 0 saturated heterocycles. The Balaban J connectivity index is 1.98. The first kappa shape index (κ1) is 24.2. The van der Waals surface area contributed by atoms with Gasteiger partial charge >= 0.3 is 5.97 Å². The Morgan fingerprint density at radius 3 is 2.24 bits per heavy atom. The monoisotopic (exact) mass is 609 g/mol. The van der Waals surface area contributed by atoms with Gasteiger partial charge in [0.1, 0.15) is 0 Å². The van der Waals surface area contributed by atoms with Crippen molar-refractivity contribution in [1.29, 1.82) is 0 Å². The van der Waals surface area contributed by atoms with E-state index in [2.05, 4.69) is 31.9 Å². The molecule has 1 unspecified atom stereocenters. The van der Waals surface area contributed by atoms with E-state index in [1.165, 1.54) is 16.4 Å². The van der Waals surface area contributed by atoms with Gasteiger partial charge in [-0.3, -0.25) is 0 Å². The van der Waals surface area contributed by atoms with E-state index in [4.69, 9.17) is 11.6 Å². The van der Waals surface area contributed by atoms with Crippen LogP contribution in [-0.2, 0) is 14.8 Å². The van der Waals surface area contributed by atoms with E-state index >= 15 is 0 Å². The van der Waals surface area contributed by atoms with Gasteiger partial charge in [-0.2, -0.15) is 4.31 Å². The number of aliphatic carboxylic acids is 1. The minimum atomic E-state index is -4.12. The van der Waals surface area contributed by atoms with Crippen LogP contribution in [0.2, 0.25) is 5.02 Å². The second-order valence-electron chi connectivity index (χ2n) is 7.52. The van der Waals surface area contributed by atoms with Crippen LogP contribution in [0.25, 0.3) is 0 Å². The zero-order valence-corrected chi connectivity index (χ0v) is 21.8. The van der Waals surface area contributed by atoms with Crippen molar-refractivity contribution < 1.29 is 18.3 Å². The summed E-state index contributed by atoms with van der Waals surface area (Å²) in [5.74, 6) is -1.17. The fourth-order valence-corrected chi connectivity index (χ4v) is 6.67. The van der Waals surface area contributed by atoms with Gasteiger partial charge in [0.05, 0.1) is 22.6 Å². The van der Waals surface area contributed by atoms with E-state index in [-0.39, 0.29) is 16.9 Å². The second kappa shape index (κ2) is 9.72. The van der Waals surface area contributed by atoms with Gasteiger partial charge in [0.15, 0.2) is 0 Å². The van der Waals surface area contributed by atoms with E-state index in [0.29, 0.717) is 16.1 Å². The minimum absolute atomic E-state index is 0.00654. The number of nitrogens with zero attached hydrogens (tertiary/aromatic N) is 1. The number of benzene rings is 3. The number of rotatable bonds is 5. The maximum atomic E-state index is 14.0. The average molecular weight is 612 g/mol. The number of sulfonamides is 1. The third kappa shape index (κ3) is 4.95.